The molecule has 0 radical (unpaired) electrons. The standard InChI is InChI=1S/C10H16O/c1-7(2)9-5-4-8(3)10(11)6-9/h9-11H,1,3-6H2,2H3/t9-,10-/m0/s1. The maximum Gasteiger partial charge on any atom is 0.0753 e. The van der Waals surface area contributed by atoms with Gasteiger partial charge in [0.15, 0.2) is 0 Å². The van der Waals surface area contributed by atoms with E-state index >= 15 is 0 Å². The summed E-state index contributed by atoms with van der Waals surface area (Å²) in [5.74, 6) is 0.510. The molecule has 0 aliphatic heterocycles. The van der Waals surface area contributed by atoms with Crippen LogP contribution in [0.5, 0.6) is 0 Å². The van der Waals surface area contributed by atoms with Crippen molar-refractivity contribution >= 4 is 0 Å². The third-order valence-corrected chi connectivity index (χ3v) is 2.49. The maximum absolute atomic E-state index is 9.46. The fourth-order valence-corrected chi connectivity index (χ4v) is 1.53. The highest BCUT2D eigenvalue weighted by Gasteiger charge is 2.22. The monoisotopic (exact) mass is 152 g/mol. The largest absolute Gasteiger partial charge is 0.389 e. The van der Waals surface area contributed by atoms with Crippen molar-refractivity contribution in [1.82, 2.24) is 0 Å². The molecule has 1 N–H and O–H groups in total. The fraction of sp³-hybridized carbons (Fsp3) is 0.600. The van der Waals surface area contributed by atoms with E-state index in [0.717, 1.165) is 24.8 Å². The van der Waals surface area contributed by atoms with E-state index in [1.807, 2.05) is 6.92 Å². The smallest absolute Gasteiger partial charge is 0.0753 e. The van der Waals surface area contributed by atoms with Gasteiger partial charge in [0.25, 0.3) is 0 Å². The van der Waals surface area contributed by atoms with Crippen LogP contribution in [0.15, 0.2) is 24.3 Å². The Morgan fingerprint density at radius 1 is 1.64 bits per heavy atom. The summed E-state index contributed by atoms with van der Waals surface area (Å²) in [7, 11) is 0. The molecule has 1 fully saturated rings. The zero-order chi connectivity index (χ0) is 8.43. The summed E-state index contributed by atoms with van der Waals surface area (Å²) in [6.07, 6.45) is 2.61. The van der Waals surface area contributed by atoms with Crippen molar-refractivity contribution in [1.29, 1.82) is 0 Å². The molecule has 0 heterocycles. The van der Waals surface area contributed by atoms with Gasteiger partial charge in [-0.1, -0.05) is 18.7 Å². The van der Waals surface area contributed by atoms with Gasteiger partial charge in [-0.15, -0.1) is 0 Å². The zero-order valence-electron chi connectivity index (χ0n) is 7.14. The van der Waals surface area contributed by atoms with Crippen molar-refractivity contribution < 1.29 is 5.11 Å². The Morgan fingerprint density at radius 2 is 2.27 bits per heavy atom. The number of aliphatic hydroxyl groups excluding tert-OH is 1. The molecule has 11 heavy (non-hydrogen) atoms. The second kappa shape index (κ2) is 3.22. The molecular weight excluding hydrogens is 136 g/mol. The lowest BCUT2D eigenvalue weighted by atomic mass is 9.81. The molecule has 1 saturated carbocycles. The third-order valence-electron chi connectivity index (χ3n) is 2.49. The topological polar surface area (TPSA) is 20.2 Å². The molecule has 0 unspecified atom stereocenters. The molecule has 0 bridgehead atoms. The molecule has 1 aliphatic carbocycles. The Bertz CT molecular complexity index is 181. The third kappa shape index (κ3) is 1.93. The molecule has 1 aliphatic rings. The number of rotatable bonds is 1. The summed E-state index contributed by atoms with van der Waals surface area (Å²) < 4.78 is 0. The molecule has 0 amide bonds. The first kappa shape index (κ1) is 8.54. The van der Waals surface area contributed by atoms with Crippen LogP contribution in [-0.4, -0.2) is 11.2 Å². The molecule has 0 saturated heterocycles. The summed E-state index contributed by atoms with van der Waals surface area (Å²) in [6.45, 7) is 9.74. The van der Waals surface area contributed by atoms with Gasteiger partial charge in [-0.2, -0.15) is 0 Å². The Hall–Kier alpha value is -0.560. The minimum Gasteiger partial charge on any atom is -0.389 e. The van der Waals surface area contributed by atoms with Crippen molar-refractivity contribution in [3.8, 4) is 0 Å². The molecule has 0 aromatic heterocycles. The van der Waals surface area contributed by atoms with Crippen LogP contribution in [0.25, 0.3) is 0 Å². The van der Waals surface area contributed by atoms with Crippen molar-refractivity contribution in [2.75, 3.05) is 0 Å². The van der Waals surface area contributed by atoms with Gasteiger partial charge in [-0.3, -0.25) is 0 Å². The van der Waals surface area contributed by atoms with Gasteiger partial charge in [0, 0.05) is 0 Å². The van der Waals surface area contributed by atoms with Crippen LogP contribution in [0.4, 0.5) is 0 Å². The lowest BCUT2D eigenvalue weighted by Crippen LogP contribution is -2.22. The van der Waals surface area contributed by atoms with E-state index in [1.165, 1.54) is 5.57 Å². The predicted molar refractivity (Wildman–Crippen MR) is 47.3 cm³/mol. The molecule has 0 aromatic rings. The Morgan fingerprint density at radius 3 is 2.73 bits per heavy atom. The second-order valence-electron chi connectivity index (χ2n) is 3.49. The normalized spacial score (nSPS) is 32.0. The maximum atomic E-state index is 9.46. The highest BCUT2D eigenvalue weighted by Crippen LogP contribution is 2.31. The van der Waals surface area contributed by atoms with Gasteiger partial charge in [0.05, 0.1) is 6.10 Å². The van der Waals surface area contributed by atoms with Gasteiger partial charge in [-0.25, -0.2) is 0 Å². The summed E-state index contributed by atoms with van der Waals surface area (Å²) in [6, 6.07) is 0. The van der Waals surface area contributed by atoms with Gasteiger partial charge in [0.2, 0.25) is 0 Å². The van der Waals surface area contributed by atoms with Gasteiger partial charge in [0.1, 0.15) is 0 Å². The molecule has 0 aromatic carbocycles. The average molecular weight is 152 g/mol. The van der Waals surface area contributed by atoms with Crippen molar-refractivity contribution in [2.24, 2.45) is 5.92 Å². The van der Waals surface area contributed by atoms with Crippen LogP contribution in [0, 0.1) is 5.92 Å². The molecule has 0 spiro atoms. The van der Waals surface area contributed by atoms with E-state index in [4.69, 9.17) is 0 Å². The van der Waals surface area contributed by atoms with Crippen LogP contribution >= 0.6 is 0 Å². The molecule has 1 rings (SSSR count). The Kier molecular flexibility index (Phi) is 2.50. The van der Waals surface area contributed by atoms with E-state index in [1.54, 1.807) is 0 Å². The molecule has 1 nitrogen and oxygen atoms in total. The summed E-state index contributed by atoms with van der Waals surface area (Å²) in [4.78, 5) is 0. The number of allylic oxidation sites excluding steroid dienone is 1. The quantitative estimate of drug-likeness (QED) is 0.571. The van der Waals surface area contributed by atoms with Gasteiger partial charge < -0.3 is 5.11 Å². The lowest BCUT2D eigenvalue weighted by molar-refractivity contribution is 0.159. The SMILES string of the molecule is C=C(C)[C@H]1CCC(=C)[C@@H](O)C1. The minimum absolute atomic E-state index is 0.287. The van der Waals surface area contributed by atoms with Crippen molar-refractivity contribution in [3.63, 3.8) is 0 Å². The number of aliphatic hydroxyl groups is 1. The van der Waals surface area contributed by atoms with E-state index in [9.17, 15) is 5.11 Å². The van der Waals surface area contributed by atoms with Crippen LogP contribution in [0.2, 0.25) is 0 Å². The van der Waals surface area contributed by atoms with E-state index in [2.05, 4.69) is 13.2 Å². The highest BCUT2D eigenvalue weighted by molar-refractivity contribution is 5.11. The summed E-state index contributed by atoms with van der Waals surface area (Å²) in [5.41, 5.74) is 2.18. The van der Waals surface area contributed by atoms with Crippen LogP contribution in [0.1, 0.15) is 26.2 Å². The van der Waals surface area contributed by atoms with Crippen molar-refractivity contribution in [3.05, 3.63) is 24.3 Å². The predicted octanol–water partition coefficient (Wildman–Crippen LogP) is 2.28. The Balaban J connectivity index is 2.52. The number of hydrogen-bond donors (Lipinski definition) is 1. The Labute approximate surface area is 68.4 Å². The first-order valence-corrected chi connectivity index (χ1v) is 4.12. The first-order chi connectivity index (χ1) is 5.11. The fourth-order valence-electron chi connectivity index (χ4n) is 1.53. The number of hydrogen-bond acceptors (Lipinski definition) is 1. The molecule has 1 heteroatoms. The highest BCUT2D eigenvalue weighted by atomic mass is 16.3. The van der Waals surface area contributed by atoms with Crippen LogP contribution < -0.4 is 0 Å². The summed E-state index contributed by atoms with van der Waals surface area (Å²) in [5, 5.41) is 9.46. The lowest BCUT2D eigenvalue weighted by Gasteiger charge is -2.27. The minimum atomic E-state index is -0.287. The van der Waals surface area contributed by atoms with E-state index < -0.39 is 0 Å². The summed E-state index contributed by atoms with van der Waals surface area (Å²) >= 11 is 0. The zero-order valence-corrected chi connectivity index (χ0v) is 7.14. The van der Waals surface area contributed by atoms with E-state index in [-0.39, 0.29) is 6.10 Å². The molecule has 2 atom stereocenters. The van der Waals surface area contributed by atoms with Gasteiger partial charge >= 0.3 is 0 Å². The van der Waals surface area contributed by atoms with Crippen molar-refractivity contribution in [2.45, 2.75) is 32.3 Å². The van der Waals surface area contributed by atoms with E-state index in [0.29, 0.717) is 5.92 Å². The first-order valence-electron chi connectivity index (χ1n) is 4.12. The average Bonchev–Trinajstić information content (AvgIpc) is 1.94. The van der Waals surface area contributed by atoms with Crippen LogP contribution in [0.3, 0.4) is 0 Å². The molecule has 62 valence electrons. The molecular formula is C10H16O. The van der Waals surface area contributed by atoms with Gasteiger partial charge in [-0.05, 0) is 37.7 Å². The van der Waals surface area contributed by atoms with Crippen LogP contribution in [-0.2, 0) is 0 Å². The second-order valence-corrected chi connectivity index (χ2v) is 3.49.